The molecule has 0 bridgehead atoms. The summed E-state index contributed by atoms with van der Waals surface area (Å²) in [5.74, 6) is 5.61. The normalized spacial score (nSPS) is 9.17. The van der Waals surface area contributed by atoms with Crippen molar-refractivity contribution in [2.24, 2.45) is 0 Å². The molecule has 1 heterocycles. The molecule has 3 rings (SSSR count). The monoisotopic (exact) mass is 456 g/mol. The number of hydrogen-bond donors (Lipinski definition) is 0. The van der Waals surface area contributed by atoms with Crippen molar-refractivity contribution < 1.29 is 63.4 Å². The van der Waals surface area contributed by atoms with Gasteiger partial charge in [0, 0.05) is 4.47 Å². The first-order valence-corrected chi connectivity index (χ1v) is 6.29. The fourth-order valence-electron chi connectivity index (χ4n) is 1.79. The number of halogens is 4. The summed E-state index contributed by atoms with van der Waals surface area (Å²) < 4.78 is 1.14. The molecule has 6 heteroatoms. The van der Waals surface area contributed by atoms with Gasteiger partial charge in [0.25, 0.3) is 0 Å². The summed E-state index contributed by atoms with van der Waals surface area (Å²) >= 11 is 3.49. The molecule has 92 valence electrons. The Hall–Kier alpha value is 0.973. The van der Waals surface area contributed by atoms with Crippen LogP contribution in [0.3, 0.4) is 0 Å². The zero-order valence-corrected chi connectivity index (χ0v) is 16.3. The molecule has 0 saturated heterocycles. The maximum Gasteiger partial charge on any atom is 4.00 e. The SMILES string of the molecule is Brc1ccc2c3[c-][pH]ccc-3cc2c1.[Cl-].[Cl-].[Cl-].[Zr+4]. The second kappa shape index (κ2) is 9.01. The number of rotatable bonds is 0. The molecule has 0 amide bonds. The smallest absolute Gasteiger partial charge is 1.00 e. The van der Waals surface area contributed by atoms with E-state index in [1.807, 2.05) is 0 Å². The Morgan fingerprint density at radius 3 is 2.44 bits per heavy atom. The molecule has 0 N–H and O–H groups in total. The zero-order chi connectivity index (χ0) is 9.54. The molecule has 1 unspecified atom stereocenters. The van der Waals surface area contributed by atoms with Gasteiger partial charge >= 0.3 is 26.2 Å². The summed E-state index contributed by atoms with van der Waals surface area (Å²) in [6, 6.07) is 10.8. The first-order chi connectivity index (χ1) is 6.84. The summed E-state index contributed by atoms with van der Waals surface area (Å²) in [5.41, 5.74) is 2.59. The molecule has 1 aromatic rings. The van der Waals surface area contributed by atoms with Gasteiger partial charge in [-0.2, -0.15) is 0 Å². The Labute approximate surface area is 154 Å². The van der Waals surface area contributed by atoms with Gasteiger partial charge in [-0.3, -0.25) is 0 Å². The van der Waals surface area contributed by atoms with Gasteiger partial charge in [-0.05, 0) is 0 Å². The second-order valence-corrected chi connectivity index (χ2v) is 5.10. The molecule has 18 heavy (non-hydrogen) atoms. The van der Waals surface area contributed by atoms with Crippen LogP contribution in [0.2, 0.25) is 0 Å². The van der Waals surface area contributed by atoms with E-state index in [0.29, 0.717) is 8.19 Å². The molecule has 1 atom stereocenters. The molecule has 0 spiro atoms. The summed E-state index contributed by atoms with van der Waals surface area (Å²) in [5, 5.41) is 2.62. The van der Waals surface area contributed by atoms with Crippen molar-refractivity contribution in [1.82, 2.24) is 0 Å². The molecule has 0 radical (unpaired) electrons. The number of hydrogen-bond acceptors (Lipinski definition) is 0. The summed E-state index contributed by atoms with van der Waals surface area (Å²) in [7, 11) is 0.704. The quantitative estimate of drug-likeness (QED) is 0.298. The van der Waals surface area contributed by atoms with Crippen LogP contribution in [0, 0.1) is 5.80 Å². The van der Waals surface area contributed by atoms with Gasteiger partial charge in [0.05, 0.1) is 0 Å². The van der Waals surface area contributed by atoms with E-state index in [-0.39, 0.29) is 63.4 Å². The van der Waals surface area contributed by atoms with E-state index in [2.05, 4.69) is 57.9 Å². The molecule has 0 saturated carbocycles. The number of fused-ring (bicyclic) bond motifs is 3. The van der Waals surface area contributed by atoms with E-state index >= 15 is 0 Å². The molecule has 0 nitrogen and oxygen atoms in total. The Bertz CT molecular complexity index is 585. The minimum Gasteiger partial charge on any atom is -1.00 e. The maximum absolute atomic E-state index is 3.49. The molecular formula is C12H7BrCl3PZr. The van der Waals surface area contributed by atoms with Crippen LogP contribution in [0.15, 0.2) is 40.6 Å². The van der Waals surface area contributed by atoms with Crippen LogP contribution < -0.4 is 37.2 Å². The molecule has 1 aromatic carbocycles. The molecule has 2 aliphatic rings. The van der Waals surface area contributed by atoms with Gasteiger partial charge in [-0.1, -0.05) is 51.0 Å². The van der Waals surface area contributed by atoms with Crippen molar-refractivity contribution in [1.29, 1.82) is 0 Å². The average molecular weight is 460 g/mol. The van der Waals surface area contributed by atoms with Crippen molar-refractivity contribution in [3.8, 4) is 11.1 Å². The van der Waals surface area contributed by atoms with E-state index in [1.54, 1.807) is 0 Å². The largest absolute Gasteiger partial charge is 4.00 e. The van der Waals surface area contributed by atoms with E-state index < -0.39 is 0 Å². The topological polar surface area (TPSA) is 0 Å². The van der Waals surface area contributed by atoms with Gasteiger partial charge in [-0.25, -0.2) is 8.19 Å². The third kappa shape index (κ3) is 3.98. The van der Waals surface area contributed by atoms with Gasteiger partial charge in [0.2, 0.25) is 0 Å². The van der Waals surface area contributed by atoms with Crippen LogP contribution in [-0.2, 0) is 26.2 Å². The van der Waals surface area contributed by atoms with Gasteiger partial charge < -0.3 is 37.2 Å². The van der Waals surface area contributed by atoms with E-state index in [4.69, 9.17) is 0 Å². The Balaban J connectivity index is 0. The van der Waals surface area contributed by atoms with Crippen molar-refractivity contribution in [2.75, 3.05) is 0 Å². The second-order valence-electron chi connectivity index (χ2n) is 3.31. The summed E-state index contributed by atoms with van der Waals surface area (Å²) in [6.07, 6.45) is 0. The fraction of sp³-hybridized carbons (Fsp3) is 0. The Morgan fingerprint density at radius 2 is 1.72 bits per heavy atom. The standard InChI is InChI=1S/C12H7BrP.3ClH.Zr/c13-10-1-2-11-9(6-10)5-8-3-4-14-7-12(8)11;;;;/h1-6,14H;3*1H;/q-1;;;;+4/p-3. The predicted octanol–water partition coefficient (Wildman–Crippen LogP) is -4.45. The summed E-state index contributed by atoms with van der Waals surface area (Å²) in [4.78, 5) is 0. The van der Waals surface area contributed by atoms with Gasteiger partial charge in [0.1, 0.15) is 0 Å². The molecule has 1 aliphatic heterocycles. The van der Waals surface area contributed by atoms with E-state index in [9.17, 15) is 0 Å². The van der Waals surface area contributed by atoms with Crippen LogP contribution in [0.25, 0.3) is 21.9 Å². The van der Waals surface area contributed by atoms with Crippen LogP contribution >= 0.6 is 24.1 Å². The predicted molar refractivity (Wildman–Crippen MR) is 66.6 cm³/mol. The Morgan fingerprint density at radius 1 is 1.00 bits per heavy atom. The molecule has 0 fully saturated rings. The van der Waals surface area contributed by atoms with Crippen molar-refractivity contribution >= 4 is 34.9 Å². The maximum atomic E-state index is 3.49. The van der Waals surface area contributed by atoms with E-state index in [0.717, 1.165) is 4.47 Å². The van der Waals surface area contributed by atoms with Crippen LogP contribution in [-0.4, -0.2) is 0 Å². The first-order valence-electron chi connectivity index (χ1n) is 4.42. The Kier molecular flexibility index (Phi) is 10.6. The van der Waals surface area contributed by atoms with Crippen LogP contribution in [0.1, 0.15) is 0 Å². The van der Waals surface area contributed by atoms with Crippen LogP contribution in [0.4, 0.5) is 0 Å². The summed E-state index contributed by atoms with van der Waals surface area (Å²) in [6.45, 7) is 0. The van der Waals surface area contributed by atoms with Gasteiger partial charge in [0.15, 0.2) is 0 Å². The first kappa shape index (κ1) is 21.3. The molecule has 0 aromatic heterocycles. The van der Waals surface area contributed by atoms with Gasteiger partial charge in [-0.15, -0.1) is 28.8 Å². The molecule has 1 aliphatic carbocycles. The van der Waals surface area contributed by atoms with Crippen molar-refractivity contribution in [3.63, 3.8) is 0 Å². The average Bonchev–Trinajstić information content (AvgIpc) is 2.54. The van der Waals surface area contributed by atoms with E-state index in [1.165, 1.54) is 21.9 Å². The van der Waals surface area contributed by atoms with Crippen molar-refractivity contribution in [3.05, 3.63) is 46.4 Å². The number of benzene rings is 1. The minimum absolute atomic E-state index is 0. The third-order valence-corrected chi connectivity index (χ3v) is 3.65. The van der Waals surface area contributed by atoms with Crippen molar-refractivity contribution in [2.45, 2.75) is 0 Å². The fourth-order valence-corrected chi connectivity index (χ4v) is 2.94. The zero-order valence-electron chi connectivity index (χ0n) is 8.98. The molecular weight excluding hydrogens is 453 g/mol. The van der Waals surface area contributed by atoms with Crippen LogP contribution in [0.5, 0.6) is 0 Å². The minimum atomic E-state index is 0. The third-order valence-electron chi connectivity index (χ3n) is 2.43.